The van der Waals surface area contributed by atoms with Gasteiger partial charge in [-0.05, 0) is 43.4 Å². The van der Waals surface area contributed by atoms with Gasteiger partial charge in [-0.1, -0.05) is 0 Å². The number of anilines is 1. The van der Waals surface area contributed by atoms with Crippen molar-refractivity contribution in [3.63, 3.8) is 0 Å². The molecule has 29 heavy (non-hydrogen) atoms. The largest absolute Gasteiger partial charge is 0.453 e. The van der Waals surface area contributed by atoms with Crippen LogP contribution in [-0.2, 0) is 25.6 Å². The lowest BCUT2D eigenvalue weighted by molar-refractivity contribution is -0.146. The van der Waals surface area contributed by atoms with Crippen LogP contribution in [0.3, 0.4) is 0 Å². The van der Waals surface area contributed by atoms with Gasteiger partial charge in [0.1, 0.15) is 5.82 Å². The molecule has 0 amide bonds. The third-order valence-electron chi connectivity index (χ3n) is 5.49. The molecule has 4 heterocycles. The monoisotopic (exact) mass is 405 g/mol. The predicted molar refractivity (Wildman–Crippen MR) is 96.6 cm³/mol. The van der Waals surface area contributed by atoms with Crippen molar-refractivity contribution in [3.05, 3.63) is 45.6 Å². The Bertz CT molecular complexity index is 1130. The van der Waals surface area contributed by atoms with Crippen molar-refractivity contribution in [1.82, 2.24) is 29.6 Å². The van der Waals surface area contributed by atoms with Gasteiger partial charge in [0.15, 0.2) is 5.65 Å². The van der Waals surface area contributed by atoms with Crippen LogP contribution < -0.4 is 10.5 Å². The minimum Gasteiger partial charge on any atom is -0.354 e. The molecule has 0 radical (unpaired) electrons. The molecule has 0 spiro atoms. The van der Waals surface area contributed by atoms with Crippen LogP contribution in [0, 0.1) is 5.92 Å². The fraction of sp³-hybridized carbons (Fsp3) is 0.500. The molecular weight excluding hydrogens is 387 g/mol. The number of fused-ring (bicyclic) bond motifs is 2. The standard InChI is InChI=1S/C18H18F3N7O/c19-18(20,21)17-23-22-14-5-6-15(25-28(14)17)26-8-11(9-26)10-27-16(29)7-12-3-1-2-4-13(12)24-27/h5-7,11H,1-4,8-10H2. The number of hydrogen-bond acceptors (Lipinski definition) is 6. The van der Waals surface area contributed by atoms with Crippen LogP contribution in [0.4, 0.5) is 19.0 Å². The van der Waals surface area contributed by atoms with Crippen molar-refractivity contribution in [2.45, 2.75) is 38.4 Å². The normalized spacial score (nSPS) is 17.4. The third kappa shape index (κ3) is 3.23. The number of hydrogen-bond donors (Lipinski definition) is 0. The molecule has 5 rings (SSSR count). The zero-order valence-electron chi connectivity index (χ0n) is 15.4. The van der Waals surface area contributed by atoms with Gasteiger partial charge in [0.25, 0.3) is 11.4 Å². The topological polar surface area (TPSA) is 81.2 Å². The first kappa shape index (κ1) is 18.1. The average Bonchev–Trinajstić information content (AvgIpc) is 3.08. The average molecular weight is 405 g/mol. The Balaban J connectivity index is 1.31. The third-order valence-corrected chi connectivity index (χ3v) is 5.49. The molecule has 3 aromatic heterocycles. The minimum atomic E-state index is -4.62. The van der Waals surface area contributed by atoms with Gasteiger partial charge in [-0.15, -0.1) is 15.3 Å². The number of alkyl halides is 3. The first-order valence-corrected chi connectivity index (χ1v) is 9.53. The maximum atomic E-state index is 13.0. The van der Waals surface area contributed by atoms with Crippen LogP contribution in [0.25, 0.3) is 5.65 Å². The van der Waals surface area contributed by atoms with Gasteiger partial charge >= 0.3 is 6.18 Å². The predicted octanol–water partition coefficient (Wildman–Crippen LogP) is 1.72. The Kier molecular flexibility index (Phi) is 4.07. The van der Waals surface area contributed by atoms with Crippen molar-refractivity contribution in [1.29, 1.82) is 0 Å². The van der Waals surface area contributed by atoms with E-state index in [2.05, 4.69) is 20.4 Å². The highest BCUT2D eigenvalue weighted by atomic mass is 19.4. The second kappa shape index (κ2) is 6.53. The van der Waals surface area contributed by atoms with Gasteiger partial charge in [0.05, 0.1) is 12.2 Å². The van der Waals surface area contributed by atoms with Crippen LogP contribution in [0.5, 0.6) is 0 Å². The molecule has 0 saturated carbocycles. The van der Waals surface area contributed by atoms with E-state index in [0.29, 0.717) is 25.5 Å². The van der Waals surface area contributed by atoms with Gasteiger partial charge < -0.3 is 4.90 Å². The van der Waals surface area contributed by atoms with Crippen LogP contribution in [0.2, 0.25) is 0 Å². The summed E-state index contributed by atoms with van der Waals surface area (Å²) >= 11 is 0. The molecule has 11 heteroatoms. The molecule has 0 unspecified atom stereocenters. The van der Waals surface area contributed by atoms with Crippen molar-refractivity contribution in [2.24, 2.45) is 5.92 Å². The molecule has 1 aliphatic carbocycles. The highest BCUT2D eigenvalue weighted by molar-refractivity contribution is 5.47. The Morgan fingerprint density at radius 1 is 1.07 bits per heavy atom. The van der Waals surface area contributed by atoms with Crippen LogP contribution >= 0.6 is 0 Å². The quantitative estimate of drug-likeness (QED) is 0.660. The highest BCUT2D eigenvalue weighted by Gasteiger charge is 2.38. The van der Waals surface area contributed by atoms with Crippen LogP contribution in [-0.4, -0.2) is 42.7 Å². The molecule has 2 aliphatic rings. The van der Waals surface area contributed by atoms with Crippen LogP contribution in [0.1, 0.15) is 29.9 Å². The molecule has 152 valence electrons. The van der Waals surface area contributed by atoms with Crippen molar-refractivity contribution in [3.8, 4) is 0 Å². The SMILES string of the molecule is O=c1cc2c(nn1CC1CN(c3ccc4nnc(C(F)(F)F)n4n3)C1)CCCC2. The summed E-state index contributed by atoms with van der Waals surface area (Å²) < 4.78 is 41.3. The maximum absolute atomic E-state index is 13.0. The summed E-state index contributed by atoms with van der Waals surface area (Å²) in [7, 11) is 0. The van der Waals surface area contributed by atoms with Gasteiger partial charge in [-0.2, -0.15) is 22.8 Å². The molecule has 1 aliphatic heterocycles. The van der Waals surface area contributed by atoms with Gasteiger partial charge in [0.2, 0.25) is 0 Å². The van der Waals surface area contributed by atoms with Gasteiger partial charge in [0, 0.05) is 25.1 Å². The molecule has 8 nitrogen and oxygen atoms in total. The van der Waals surface area contributed by atoms with Crippen molar-refractivity contribution < 1.29 is 13.2 Å². The fourth-order valence-electron chi connectivity index (χ4n) is 3.97. The summed E-state index contributed by atoms with van der Waals surface area (Å²) in [5.74, 6) is -0.539. The molecule has 0 N–H and O–H groups in total. The number of rotatable bonds is 3. The maximum Gasteiger partial charge on any atom is 0.453 e. The number of aromatic nitrogens is 6. The van der Waals surface area contributed by atoms with E-state index in [1.807, 2.05) is 4.90 Å². The lowest BCUT2D eigenvalue weighted by Gasteiger charge is -2.40. The fourth-order valence-corrected chi connectivity index (χ4v) is 3.97. The van der Waals surface area contributed by atoms with E-state index < -0.39 is 12.0 Å². The first-order valence-electron chi connectivity index (χ1n) is 9.53. The molecule has 0 atom stereocenters. The van der Waals surface area contributed by atoms with Crippen LogP contribution in [0.15, 0.2) is 23.0 Å². The Morgan fingerprint density at radius 2 is 1.86 bits per heavy atom. The first-order chi connectivity index (χ1) is 13.9. The summed E-state index contributed by atoms with van der Waals surface area (Å²) in [5.41, 5.74) is 2.01. The Labute approximate surface area is 163 Å². The number of halogens is 3. The van der Waals surface area contributed by atoms with E-state index in [9.17, 15) is 18.0 Å². The van der Waals surface area contributed by atoms with E-state index in [0.717, 1.165) is 41.5 Å². The van der Waals surface area contributed by atoms with E-state index in [4.69, 9.17) is 0 Å². The molecule has 0 aromatic carbocycles. The second-order valence-corrected chi connectivity index (χ2v) is 7.60. The van der Waals surface area contributed by atoms with Gasteiger partial charge in [-0.3, -0.25) is 4.79 Å². The van der Waals surface area contributed by atoms with Crippen molar-refractivity contribution in [2.75, 3.05) is 18.0 Å². The molecule has 1 fully saturated rings. The Morgan fingerprint density at radius 3 is 2.66 bits per heavy atom. The van der Waals surface area contributed by atoms with E-state index in [1.165, 1.54) is 10.7 Å². The van der Waals surface area contributed by atoms with Gasteiger partial charge in [-0.25, -0.2) is 4.68 Å². The van der Waals surface area contributed by atoms with E-state index >= 15 is 0 Å². The zero-order valence-corrected chi connectivity index (χ0v) is 15.4. The molecular formula is C18H18F3N7O. The van der Waals surface area contributed by atoms with E-state index in [1.54, 1.807) is 12.1 Å². The second-order valence-electron chi connectivity index (χ2n) is 7.60. The zero-order chi connectivity index (χ0) is 20.2. The molecule has 0 bridgehead atoms. The lowest BCUT2D eigenvalue weighted by atomic mass is 9.96. The minimum absolute atomic E-state index is 0.0444. The summed E-state index contributed by atoms with van der Waals surface area (Å²) in [4.78, 5) is 14.2. The smallest absolute Gasteiger partial charge is 0.354 e. The van der Waals surface area contributed by atoms with E-state index in [-0.39, 0.29) is 17.1 Å². The summed E-state index contributed by atoms with van der Waals surface area (Å²) in [6.45, 7) is 1.67. The lowest BCUT2D eigenvalue weighted by Crippen LogP contribution is -2.50. The number of aryl methyl sites for hydroxylation is 2. The molecule has 3 aromatic rings. The summed E-state index contributed by atoms with van der Waals surface area (Å²) in [6, 6.07) is 4.79. The number of nitrogens with zero attached hydrogens (tertiary/aromatic N) is 7. The molecule has 1 saturated heterocycles. The van der Waals surface area contributed by atoms with Crippen molar-refractivity contribution >= 4 is 11.5 Å². The Hall–Kier alpha value is -2.98. The highest BCUT2D eigenvalue weighted by Crippen LogP contribution is 2.29. The summed E-state index contributed by atoms with van der Waals surface area (Å²) in [6.07, 6.45) is -0.631. The summed E-state index contributed by atoms with van der Waals surface area (Å²) in [5, 5.41) is 15.3.